The standard InChI is InChI=1S/C27H27F3N6O/c28-27(29,30)26-14-25(26,15-36(16-26)21-6-5-19(12-31)22-20(21)2-1-9-32-22)24-34-33-23(37-24)18-7-10-35(11-8-18)13-17-3-4-17/h1-2,5-6,9,17-18H,3-4,7-8,10-11,13-16H2/t25-,26-/m0/s1. The highest BCUT2D eigenvalue weighted by atomic mass is 19.4. The van der Waals surface area contributed by atoms with Gasteiger partial charge in [0.15, 0.2) is 0 Å². The van der Waals surface area contributed by atoms with E-state index in [-0.39, 0.29) is 31.3 Å². The summed E-state index contributed by atoms with van der Waals surface area (Å²) in [6, 6.07) is 9.01. The highest BCUT2D eigenvalue weighted by Crippen LogP contribution is 2.75. The number of hydrogen-bond acceptors (Lipinski definition) is 7. The molecule has 1 aromatic carbocycles. The van der Waals surface area contributed by atoms with Gasteiger partial charge in [-0.15, -0.1) is 10.2 Å². The Balaban J connectivity index is 1.18. The normalized spacial score (nSPS) is 28.4. The molecule has 4 aliphatic rings. The number of nitriles is 1. The molecule has 2 aliphatic carbocycles. The number of likely N-dealkylation sites (tertiary alicyclic amines) is 1. The molecule has 0 spiro atoms. The zero-order valence-corrected chi connectivity index (χ0v) is 20.3. The Labute approximate surface area is 212 Å². The molecule has 2 atom stereocenters. The number of nitrogens with zero attached hydrogens (tertiary/aromatic N) is 6. The van der Waals surface area contributed by atoms with E-state index in [1.54, 1.807) is 35.4 Å². The number of anilines is 1. The molecule has 4 heterocycles. The van der Waals surface area contributed by atoms with Gasteiger partial charge in [-0.2, -0.15) is 18.4 Å². The topological polar surface area (TPSA) is 82.1 Å². The molecule has 0 radical (unpaired) electrons. The summed E-state index contributed by atoms with van der Waals surface area (Å²) in [4.78, 5) is 8.55. The molecule has 192 valence electrons. The molecule has 0 amide bonds. The van der Waals surface area contributed by atoms with Gasteiger partial charge in [-0.25, -0.2) is 0 Å². The van der Waals surface area contributed by atoms with Crippen LogP contribution < -0.4 is 4.90 Å². The van der Waals surface area contributed by atoms with Crippen LogP contribution in [0.4, 0.5) is 18.9 Å². The van der Waals surface area contributed by atoms with Crippen LogP contribution in [0.15, 0.2) is 34.9 Å². The number of piperidine rings is 2. The van der Waals surface area contributed by atoms with Crippen LogP contribution in [0.2, 0.25) is 0 Å². The molecule has 10 heteroatoms. The predicted molar refractivity (Wildman–Crippen MR) is 129 cm³/mol. The Kier molecular flexibility index (Phi) is 4.91. The third kappa shape index (κ3) is 3.46. The Morgan fingerprint density at radius 2 is 1.89 bits per heavy atom. The van der Waals surface area contributed by atoms with Crippen molar-refractivity contribution in [2.45, 2.75) is 49.6 Å². The number of rotatable bonds is 5. The SMILES string of the molecule is N#Cc1ccc(N2C[C@]3(c4nnc(C5CCN(CC6CC6)CC5)o4)C[C@]3(C(F)(F)F)C2)c2cccnc12. The van der Waals surface area contributed by atoms with Gasteiger partial charge in [0.2, 0.25) is 11.8 Å². The number of fused-ring (bicyclic) bond motifs is 2. The molecule has 4 fully saturated rings. The molecular formula is C27H27F3N6O. The van der Waals surface area contributed by atoms with Crippen molar-refractivity contribution < 1.29 is 17.6 Å². The van der Waals surface area contributed by atoms with Crippen LogP contribution in [0.5, 0.6) is 0 Å². The van der Waals surface area contributed by atoms with E-state index in [2.05, 4.69) is 26.2 Å². The van der Waals surface area contributed by atoms with Crippen LogP contribution in [0.25, 0.3) is 10.9 Å². The maximum Gasteiger partial charge on any atom is 0.397 e. The van der Waals surface area contributed by atoms with E-state index in [4.69, 9.17) is 4.42 Å². The smallest absolute Gasteiger partial charge is 0.397 e. The summed E-state index contributed by atoms with van der Waals surface area (Å²) >= 11 is 0. The van der Waals surface area contributed by atoms with Gasteiger partial charge in [0.1, 0.15) is 11.5 Å². The number of aromatic nitrogens is 3. The molecule has 0 unspecified atom stereocenters. The Morgan fingerprint density at radius 3 is 2.62 bits per heavy atom. The van der Waals surface area contributed by atoms with E-state index in [1.165, 1.54) is 12.8 Å². The quantitative estimate of drug-likeness (QED) is 0.490. The summed E-state index contributed by atoms with van der Waals surface area (Å²) in [5.41, 5.74) is -1.66. The highest BCUT2D eigenvalue weighted by molar-refractivity contribution is 5.95. The van der Waals surface area contributed by atoms with Crippen LogP contribution in [-0.2, 0) is 5.41 Å². The van der Waals surface area contributed by atoms with Crippen LogP contribution in [-0.4, -0.2) is 59.0 Å². The van der Waals surface area contributed by atoms with E-state index in [0.29, 0.717) is 28.0 Å². The molecule has 0 N–H and O–H groups in total. The van der Waals surface area contributed by atoms with Crippen molar-refractivity contribution in [1.82, 2.24) is 20.1 Å². The molecule has 7 nitrogen and oxygen atoms in total. The number of alkyl halides is 3. The first-order chi connectivity index (χ1) is 17.8. The van der Waals surface area contributed by atoms with Crippen molar-refractivity contribution in [3.63, 3.8) is 0 Å². The third-order valence-corrected chi connectivity index (χ3v) is 9.07. The number of hydrogen-bond donors (Lipinski definition) is 0. The van der Waals surface area contributed by atoms with Crippen molar-refractivity contribution in [3.8, 4) is 6.07 Å². The van der Waals surface area contributed by atoms with Crippen molar-refractivity contribution in [3.05, 3.63) is 47.8 Å². The van der Waals surface area contributed by atoms with Crippen LogP contribution in [0.3, 0.4) is 0 Å². The van der Waals surface area contributed by atoms with E-state index in [9.17, 15) is 18.4 Å². The second-order valence-electron chi connectivity index (χ2n) is 11.3. The number of halogens is 3. The fourth-order valence-electron chi connectivity index (χ4n) is 6.72. The average Bonchev–Trinajstić information content (AvgIpc) is 3.73. The van der Waals surface area contributed by atoms with Crippen molar-refractivity contribution in [1.29, 1.82) is 5.26 Å². The third-order valence-electron chi connectivity index (χ3n) is 9.07. The van der Waals surface area contributed by atoms with Gasteiger partial charge in [-0.1, -0.05) is 0 Å². The minimum atomic E-state index is -4.41. The van der Waals surface area contributed by atoms with Gasteiger partial charge in [0.05, 0.1) is 16.5 Å². The van der Waals surface area contributed by atoms with E-state index in [1.807, 2.05) is 0 Å². The lowest BCUT2D eigenvalue weighted by molar-refractivity contribution is -0.187. The van der Waals surface area contributed by atoms with Gasteiger partial charge in [0, 0.05) is 42.8 Å². The van der Waals surface area contributed by atoms with Gasteiger partial charge < -0.3 is 14.2 Å². The molecule has 2 saturated heterocycles. The number of benzene rings is 1. The largest absolute Gasteiger partial charge is 0.424 e. The molecule has 2 saturated carbocycles. The number of pyridine rings is 1. The Bertz CT molecular complexity index is 1400. The van der Waals surface area contributed by atoms with E-state index < -0.39 is 17.0 Å². The maximum atomic E-state index is 14.6. The van der Waals surface area contributed by atoms with Gasteiger partial charge >= 0.3 is 6.18 Å². The van der Waals surface area contributed by atoms with E-state index in [0.717, 1.165) is 38.4 Å². The second kappa shape index (κ2) is 7.90. The first-order valence-corrected chi connectivity index (χ1v) is 13.0. The molecule has 7 rings (SSSR count). The first-order valence-electron chi connectivity index (χ1n) is 13.0. The summed E-state index contributed by atoms with van der Waals surface area (Å²) in [7, 11) is 0. The van der Waals surface area contributed by atoms with Crippen LogP contribution in [0.1, 0.15) is 55.4 Å². The van der Waals surface area contributed by atoms with Crippen LogP contribution in [0, 0.1) is 22.7 Å². The zero-order chi connectivity index (χ0) is 25.4. The predicted octanol–water partition coefficient (Wildman–Crippen LogP) is 4.79. The second-order valence-corrected chi connectivity index (χ2v) is 11.3. The van der Waals surface area contributed by atoms with Crippen molar-refractivity contribution in [2.24, 2.45) is 11.3 Å². The summed E-state index contributed by atoms with van der Waals surface area (Å²) in [5, 5.41) is 18.6. The molecule has 2 aromatic heterocycles. The monoisotopic (exact) mass is 508 g/mol. The molecule has 37 heavy (non-hydrogen) atoms. The maximum absolute atomic E-state index is 14.6. The van der Waals surface area contributed by atoms with Gasteiger partial charge in [0.25, 0.3) is 0 Å². The summed E-state index contributed by atoms with van der Waals surface area (Å²) < 4.78 is 49.8. The van der Waals surface area contributed by atoms with Gasteiger partial charge in [-0.05, 0) is 75.4 Å². The fourth-order valence-corrected chi connectivity index (χ4v) is 6.72. The van der Waals surface area contributed by atoms with Crippen molar-refractivity contribution >= 4 is 16.6 Å². The van der Waals surface area contributed by atoms with Crippen LogP contribution >= 0.6 is 0 Å². The minimum absolute atomic E-state index is 0.0477. The molecule has 3 aromatic rings. The molecular weight excluding hydrogens is 481 g/mol. The zero-order valence-electron chi connectivity index (χ0n) is 20.3. The lowest BCUT2D eigenvalue weighted by Gasteiger charge is -2.30. The fraction of sp³-hybridized carbons (Fsp3) is 0.556. The molecule has 0 bridgehead atoms. The lowest BCUT2D eigenvalue weighted by Crippen LogP contribution is -2.34. The Morgan fingerprint density at radius 1 is 1.08 bits per heavy atom. The average molecular weight is 509 g/mol. The lowest BCUT2D eigenvalue weighted by atomic mass is 9.95. The highest BCUT2D eigenvalue weighted by Gasteiger charge is 2.86. The Hall–Kier alpha value is -3.19. The summed E-state index contributed by atoms with van der Waals surface area (Å²) in [6.07, 6.45) is 1.55. The van der Waals surface area contributed by atoms with E-state index >= 15 is 0 Å². The first kappa shape index (κ1) is 23.0. The minimum Gasteiger partial charge on any atom is -0.424 e. The van der Waals surface area contributed by atoms with Gasteiger partial charge in [-0.3, -0.25) is 4.98 Å². The summed E-state index contributed by atoms with van der Waals surface area (Å²) in [5.74, 6) is 1.52. The molecule has 2 aliphatic heterocycles. The summed E-state index contributed by atoms with van der Waals surface area (Å²) in [6.45, 7) is 3.01. The van der Waals surface area contributed by atoms with Crippen molar-refractivity contribution in [2.75, 3.05) is 37.6 Å².